The minimum Gasteiger partial charge on any atom is -0.496 e. The Morgan fingerprint density at radius 1 is 1.09 bits per heavy atom. The predicted octanol–water partition coefficient (Wildman–Crippen LogP) is 3.14. The molecule has 0 aliphatic heterocycles. The maximum atomic E-state index is 12.4. The van der Waals surface area contributed by atoms with E-state index in [4.69, 9.17) is 14.7 Å². The average Bonchev–Trinajstić information content (AvgIpc) is 2.55. The number of ether oxygens (including phenoxy) is 2. The molecule has 2 rings (SSSR count). The Bertz CT molecular complexity index is 731. The van der Waals surface area contributed by atoms with E-state index in [1.165, 1.54) is 7.11 Å². The van der Waals surface area contributed by atoms with Gasteiger partial charge in [-0.05, 0) is 48.9 Å². The highest BCUT2D eigenvalue weighted by Crippen LogP contribution is 2.28. The predicted molar refractivity (Wildman–Crippen MR) is 83.4 cm³/mol. The summed E-state index contributed by atoms with van der Waals surface area (Å²) in [4.78, 5) is 12.4. The molecule has 2 aromatic rings. The Morgan fingerprint density at radius 3 is 2.27 bits per heavy atom. The van der Waals surface area contributed by atoms with Crippen LogP contribution >= 0.6 is 0 Å². The highest BCUT2D eigenvalue weighted by Gasteiger charge is 2.16. The largest absolute Gasteiger partial charge is 0.496 e. The summed E-state index contributed by atoms with van der Waals surface area (Å²) in [5.41, 5.74) is 2.40. The number of nitrogens with one attached hydrogen (secondary N) is 1. The van der Waals surface area contributed by atoms with Gasteiger partial charge in [0.1, 0.15) is 11.5 Å². The van der Waals surface area contributed by atoms with Crippen LogP contribution in [0.2, 0.25) is 0 Å². The molecule has 0 aromatic heterocycles. The Hall–Kier alpha value is -3.00. The minimum absolute atomic E-state index is 0.306. The van der Waals surface area contributed by atoms with Crippen LogP contribution in [-0.4, -0.2) is 20.1 Å². The number of hydrogen-bond acceptors (Lipinski definition) is 4. The van der Waals surface area contributed by atoms with Crippen LogP contribution in [0, 0.1) is 18.3 Å². The number of nitriles is 1. The molecule has 2 aromatic carbocycles. The number of anilines is 1. The topological polar surface area (TPSA) is 71.3 Å². The molecule has 1 N–H and O–H groups in total. The van der Waals surface area contributed by atoms with Crippen molar-refractivity contribution in [3.05, 3.63) is 53.1 Å². The van der Waals surface area contributed by atoms with E-state index in [-0.39, 0.29) is 5.91 Å². The van der Waals surface area contributed by atoms with E-state index in [9.17, 15) is 4.79 Å². The van der Waals surface area contributed by atoms with E-state index in [0.717, 1.165) is 5.56 Å². The molecule has 0 spiro atoms. The molecule has 0 saturated heterocycles. The fourth-order valence-corrected chi connectivity index (χ4v) is 2.05. The SMILES string of the molecule is COc1cc(C(=O)Nc2ccc(C#N)cc2)c(OC)cc1C. The van der Waals surface area contributed by atoms with E-state index in [2.05, 4.69) is 5.32 Å². The van der Waals surface area contributed by atoms with Crippen molar-refractivity contribution < 1.29 is 14.3 Å². The van der Waals surface area contributed by atoms with Gasteiger partial charge in [-0.3, -0.25) is 4.79 Å². The van der Waals surface area contributed by atoms with Gasteiger partial charge < -0.3 is 14.8 Å². The van der Waals surface area contributed by atoms with E-state index in [0.29, 0.717) is 28.3 Å². The van der Waals surface area contributed by atoms with Gasteiger partial charge >= 0.3 is 0 Å². The third kappa shape index (κ3) is 3.18. The van der Waals surface area contributed by atoms with Gasteiger partial charge in [-0.2, -0.15) is 5.26 Å². The molecule has 112 valence electrons. The number of hydrogen-bond donors (Lipinski definition) is 1. The lowest BCUT2D eigenvalue weighted by atomic mass is 10.1. The highest BCUT2D eigenvalue weighted by molar-refractivity contribution is 6.06. The zero-order valence-corrected chi connectivity index (χ0v) is 12.6. The lowest BCUT2D eigenvalue weighted by Gasteiger charge is -2.13. The smallest absolute Gasteiger partial charge is 0.259 e. The molecule has 0 radical (unpaired) electrons. The van der Waals surface area contributed by atoms with Gasteiger partial charge in [-0.25, -0.2) is 0 Å². The number of carbonyl (C=O) groups excluding carboxylic acids is 1. The molecule has 0 heterocycles. The highest BCUT2D eigenvalue weighted by atomic mass is 16.5. The van der Waals surface area contributed by atoms with Crippen molar-refractivity contribution >= 4 is 11.6 Å². The summed E-state index contributed by atoms with van der Waals surface area (Å²) >= 11 is 0. The lowest BCUT2D eigenvalue weighted by molar-refractivity contribution is 0.102. The zero-order valence-electron chi connectivity index (χ0n) is 12.6. The maximum absolute atomic E-state index is 12.4. The Labute approximate surface area is 129 Å². The summed E-state index contributed by atoms with van der Waals surface area (Å²) in [7, 11) is 3.07. The van der Waals surface area contributed by atoms with E-state index in [1.54, 1.807) is 43.5 Å². The van der Waals surface area contributed by atoms with Gasteiger partial charge in [0, 0.05) is 5.69 Å². The zero-order chi connectivity index (χ0) is 16.1. The monoisotopic (exact) mass is 296 g/mol. The third-order valence-corrected chi connectivity index (χ3v) is 3.23. The summed E-state index contributed by atoms with van der Waals surface area (Å²) in [6.07, 6.45) is 0. The fourth-order valence-electron chi connectivity index (χ4n) is 2.05. The first-order valence-corrected chi connectivity index (χ1v) is 6.63. The van der Waals surface area contributed by atoms with E-state index >= 15 is 0 Å². The lowest BCUT2D eigenvalue weighted by Crippen LogP contribution is -2.13. The number of nitrogens with zero attached hydrogens (tertiary/aromatic N) is 1. The number of methoxy groups -OCH3 is 2. The molecule has 0 atom stereocenters. The summed E-state index contributed by atoms with van der Waals surface area (Å²) in [6, 6.07) is 12.1. The van der Waals surface area contributed by atoms with Crippen molar-refractivity contribution in [1.82, 2.24) is 0 Å². The van der Waals surface area contributed by atoms with E-state index < -0.39 is 0 Å². The average molecular weight is 296 g/mol. The minimum atomic E-state index is -0.306. The molecule has 5 heteroatoms. The van der Waals surface area contributed by atoms with Gasteiger partial charge in [0.2, 0.25) is 0 Å². The summed E-state index contributed by atoms with van der Waals surface area (Å²) in [6.45, 7) is 1.88. The molecule has 0 saturated carbocycles. The first-order chi connectivity index (χ1) is 10.6. The summed E-state index contributed by atoms with van der Waals surface area (Å²) < 4.78 is 10.5. The van der Waals surface area contributed by atoms with Crippen LogP contribution in [0.15, 0.2) is 36.4 Å². The maximum Gasteiger partial charge on any atom is 0.259 e. The summed E-state index contributed by atoms with van der Waals surface area (Å²) in [5, 5.41) is 11.5. The van der Waals surface area contributed by atoms with Crippen LogP contribution in [0.4, 0.5) is 5.69 Å². The Morgan fingerprint density at radius 2 is 1.73 bits per heavy atom. The van der Waals surface area contributed by atoms with Crippen molar-refractivity contribution in [3.8, 4) is 17.6 Å². The molecule has 0 aliphatic carbocycles. The van der Waals surface area contributed by atoms with Crippen LogP contribution < -0.4 is 14.8 Å². The van der Waals surface area contributed by atoms with Crippen LogP contribution in [0.1, 0.15) is 21.5 Å². The molecular formula is C17H16N2O3. The first-order valence-electron chi connectivity index (χ1n) is 6.63. The summed E-state index contributed by atoms with van der Waals surface area (Å²) in [5.74, 6) is 0.787. The molecule has 0 fully saturated rings. The Balaban J connectivity index is 2.30. The van der Waals surface area contributed by atoms with Gasteiger partial charge in [0.05, 0.1) is 31.4 Å². The number of carbonyl (C=O) groups is 1. The van der Waals surface area contributed by atoms with Crippen molar-refractivity contribution in [2.45, 2.75) is 6.92 Å². The number of rotatable bonds is 4. The van der Waals surface area contributed by atoms with Crippen LogP contribution in [0.25, 0.3) is 0 Å². The van der Waals surface area contributed by atoms with Crippen LogP contribution in [0.5, 0.6) is 11.5 Å². The second-order valence-corrected chi connectivity index (χ2v) is 4.67. The second kappa shape index (κ2) is 6.64. The molecule has 1 amide bonds. The van der Waals surface area contributed by atoms with Crippen molar-refractivity contribution in [1.29, 1.82) is 5.26 Å². The molecule has 0 unspecified atom stereocenters. The number of amides is 1. The van der Waals surface area contributed by atoms with Gasteiger partial charge in [0.15, 0.2) is 0 Å². The van der Waals surface area contributed by atoms with Gasteiger partial charge in [-0.1, -0.05) is 0 Å². The van der Waals surface area contributed by atoms with Crippen LogP contribution in [0.3, 0.4) is 0 Å². The van der Waals surface area contributed by atoms with E-state index in [1.807, 2.05) is 13.0 Å². The normalized spacial score (nSPS) is 9.73. The first kappa shape index (κ1) is 15.4. The van der Waals surface area contributed by atoms with Gasteiger partial charge in [0.25, 0.3) is 5.91 Å². The second-order valence-electron chi connectivity index (χ2n) is 4.67. The molecule has 0 bridgehead atoms. The van der Waals surface area contributed by atoms with Gasteiger partial charge in [-0.15, -0.1) is 0 Å². The van der Waals surface area contributed by atoms with Crippen molar-refractivity contribution in [2.75, 3.05) is 19.5 Å². The van der Waals surface area contributed by atoms with Crippen molar-refractivity contribution in [3.63, 3.8) is 0 Å². The van der Waals surface area contributed by atoms with Crippen LogP contribution in [-0.2, 0) is 0 Å². The molecule has 22 heavy (non-hydrogen) atoms. The fraction of sp³-hybridized carbons (Fsp3) is 0.176. The molecular weight excluding hydrogens is 280 g/mol. The Kier molecular flexibility index (Phi) is 4.64. The third-order valence-electron chi connectivity index (χ3n) is 3.23. The standard InChI is InChI=1S/C17H16N2O3/c1-11-8-16(22-3)14(9-15(11)21-2)17(20)19-13-6-4-12(10-18)5-7-13/h4-9H,1-3H3,(H,19,20). The quantitative estimate of drug-likeness (QED) is 0.941. The molecule has 5 nitrogen and oxygen atoms in total. The molecule has 0 aliphatic rings. The van der Waals surface area contributed by atoms with Crippen molar-refractivity contribution in [2.24, 2.45) is 0 Å². The number of benzene rings is 2. The number of aryl methyl sites for hydroxylation is 1.